The summed E-state index contributed by atoms with van der Waals surface area (Å²) in [4.78, 5) is 4.36. The molecule has 22 heavy (non-hydrogen) atoms. The number of hydrogen-bond donors (Lipinski definition) is 0. The molecule has 0 aliphatic carbocycles. The van der Waals surface area contributed by atoms with Gasteiger partial charge < -0.3 is 0 Å². The lowest BCUT2D eigenvalue weighted by molar-refractivity contribution is 0.590. The Hall–Kier alpha value is -2.55. The van der Waals surface area contributed by atoms with Crippen molar-refractivity contribution in [3.05, 3.63) is 66.5 Å². The van der Waals surface area contributed by atoms with E-state index in [0.717, 1.165) is 22.5 Å². The molecule has 2 heterocycles. The number of rotatable bonds is 2. The maximum atomic E-state index is 4.36. The Morgan fingerprint density at radius 2 is 1.59 bits per heavy atom. The van der Waals surface area contributed by atoms with Gasteiger partial charge in [-0.25, -0.2) is 0 Å². The summed E-state index contributed by atoms with van der Waals surface area (Å²) in [7, 11) is 0. The third-order valence-electron chi connectivity index (χ3n) is 3.66. The van der Waals surface area contributed by atoms with Crippen molar-refractivity contribution in [1.29, 1.82) is 0 Å². The minimum Gasteiger partial charge on any atom is -0.256 e. The van der Waals surface area contributed by atoms with Gasteiger partial charge in [-0.1, -0.05) is 51.1 Å². The third kappa shape index (κ3) is 3.03. The minimum atomic E-state index is 0.153. The van der Waals surface area contributed by atoms with Crippen molar-refractivity contribution in [2.75, 3.05) is 0 Å². The van der Waals surface area contributed by atoms with E-state index in [1.807, 2.05) is 24.3 Å². The van der Waals surface area contributed by atoms with E-state index in [1.165, 1.54) is 5.56 Å². The molecule has 0 saturated heterocycles. The largest absolute Gasteiger partial charge is 0.256 e. The molecule has 0 amide bonds. The molecule has 0 radical (unpaired) electrons. The monoisotopic (exact) mass is 289 g/mol. The first-order valence-corrected chi connectivity index (χ1v) is 7.39. The first-order chi connectivity index (χ1) is 10.5. The topological polar surface area (TPSA) is 38.7 Å². The van der Waals surface area contributed by atoms with E-state index in [9.17, 15) is 0 Å². The molecular formula is C19H19N3. The normalized spacial score (nSPS) is 11.4. The zero-order chi connectivity index (χ0) is 15.6. The summed E-state index contributed by atoms with van der Waals surface area (Å²) in [5.41, 5.74) is 5.28. The Morgan fingerprint density at radius 1 is 0.818 bits per heavy atom. The predicted octanol–water partition coefficient (Wildman–Crippen LogP) is 4.50. The van der Waals surface area contributed by atoms with Gasteiger partial charge in [0.25, 0.3) is 0 Å². The highest BCUT2D eigenvalue weighted by molar-refractivity contribution is 5.67. The number of pyridine rings is 1. The second-order valence-corrected chi connectivity index (χ2v) is 6.37. The lowest BCUT2D eigenvalue weighted by atomic mass is 9.86. The Morgan fingerprint density at radius 3 is 2.23 bits per heavy atom. The van der Waals surface area contributed by atoms with Crippen LogP contribution in [0.25, 0.3) is 22.5 Å². The van der Waals surface area contributed by atoms with Gasteiger partial charge in [0.05, 0.1) is 17.6 Å². The molecule has 110 valence electrons. The van der Waals surface area contributed by atoms with Crippen LogP contribution in [0.5, 0.6) is 0 Å². The van der Waals surface area contributed by atoms with Gasteiger partial charge in [-0.05, 0) is 29.2 Å². The predicted molar refractivity (Wildman–Crippen MR) is 89.4 cm³/mol. The molecular weight excluding hydrogens is 270 g/mol. The summed E-state index contributed by atoms with van der Waals surface area (Å²) in [6, 6.07) is 16.4. The fourth-order valence-electron chi connectivity index (χ4n) is 2.32. The summed E-state index contributed by atoms with van der Waals surface area (Å²) in [6.45, 7) is 6.64. The summed E-state index contributed by atoms with van der Waals surface area (Å²) in [5, 5.41) is 8.37. The van der Waals surface area contributed by atoms with E-state index in [2.05, 4.69) is 60.2 Å². The zero-order valence-corrected chi connectivity index (χ0v) is 13.1. The molecule has 0 N–H and O–H groups in total. The highest BCUT2D eigenvalue weighted by atomic mass is 15.1. The van der Waals surface area contributed by atoms with Crippen LogP contribution in [0.3, 0.4) is 0 Å². The van der Waals surface area contributed by atoms with Crippen LogP contribution in [0.2, 0.25) is 0 Å². The molecule has 1 aromatic carbocycles. The molecule has 0 aliphatic heterocycles. The number of aromatic nitrogens is 3. The van der Waals surface area contributed by atoms with Crippen LogP contribution >= 0.6 is 0 Å². The molecule has 2 aromatic heterocycles. The molecule has 0 spiro atoms. The maximum absolute atomic E-state index is 4.36. The summed E-state index contributed by atoms with van der Waals surface area (Å²) in [6.07, 6.45) is 3.53. The van der Waals surface area contributed by atoms with Crippen LogP contribution in [-0.4, -0.2) is 15.2 Å². The summed E-state index contributed by atoms with van der Waals surface area (Å²) < 4.78 is 0. The smallest absolute Gasteiger partial charge is 0.0936 e. The standard InChI is InChI=1S/C19H19N3/c1-19(2,3)16-9-7-14(8-10-16)18-12-15(13-21-22-18)17-6-4-5-11-20-17/h4-13H,1-3H3. The van der Waals surface area contributed by atoms with Crippen LogP contribution in [-0.2, 0) is 5.41 Å². The molecule has 0 bridgehead atoms. The Labute approximate surface area is 131 Å². The fourth-order valence-corrected chi connectivity index (χ4v) is 2.32. The lowest BCUT2D eigenvalue weighted by Gasteiger charge is -2.19. The molecule has 3 heteroatoms. The van der Waals surface area contributed by atoms with E-state index in [1.54, 1.807) is 12.4 Å². The minimum absolute atomic E-state index is 0.153. The van der Waals surface area contributed by atoms with E-state index in [4.69, 9.17) is 0 Å². The van der Waals surface area contributed by atoms with Crippen LogP contribution in [0.1, 0.15) is 26.3 Å². The number of nitrogens with zero attached hydrogens (tertiary/aromatic N) is 3. The van der Waals surface area contributed by atoms with E-state index < -0.39 is 0 Å². The van der Waals surface area contributed by atoms with Gasteiger partial charge in [-0.2, -0.15) is 10.2 Å². The van der Waals surface area contributed by atoms with E-state index in [0.29, 0.717) is 0 Å². The highest BCUT2D eigenvalue weighted by Gasteiger charge is 2.13. The van der Waals surface area contributed by atoms with E-state index >= 15 is 0 Å². The first-order valence-electron chi connectivity index (χ1n) is 7.39. The van der Waals surface area contributed by atoms with Gasteiger partial charge in [0.2, 0.25) is 0 Å². The summed E-state index contributed by atoms with van der Waals surface area (Å²) in [5.74, 6) is 0. The van der Waals surface area contributed by atoms with Gasteiger partial charge in [0.15, 0.2) is 0 Å². The average Bonchev–Trinajstić information content (AvgIpc) is 2.55. The third-order valence-corrected chi connectivity index (χ3v) is 3.66. The van der Waals surface area contributed by atoms with Crippen molar-refractivity contribution in [3.63, 3.8) is 0 Å². The first kappa shape index (κ1) is 14.4. The van der Waals surface area contributed by atoms with E-state index in [-0.39, 0.29) is 5.41 Å². The zero-order valence-electron chi connectivity index (χ0n) is 13.1. The molecule has 3 nitrogen and oxygen atoms in total. The van der Waals surface area contributed by atoms with Crippen LogP contribution in [0.4, 0.5) is 0 Å². The van der Waals surface area contributed by atoms with Gasteiger partial charge in [-0.3, -0.25) is 4.98 Å². The Bertz CT molecular complexity index is 757. The average molecular weight is 289 g/mol. The number of benzene rings is 1. The highest BCUT2D eigenvalue weighted by Crippen LogP contribution is 2.26. The summed E-state index contributed by atoms with van der Waals surface area (Å²) >= 11 is 0. The Kier molecular flexibility index (Phi) is 3.72. The van der Waals surface area contributed by atoms with Crippen molar-refractivity contribution in [1.82, 2.24) is 15.2 Å². The van der Waals surface area contributed by atoms with Crippen molar-refractivity contribution in [2.24, 2.45) is 0 Å². The molecule has 3 rings (SSSR count). The quantitative estimate of drug-likeness (QED) is 0.697. The van der Waals surface area contributed by atoms with Crippen molar-refractivity contribution >= 4 is 0 Å². The SMILES string of the molecule is CC(C)(C)c1ccc(-c2cc(-c3ccccn3)cnn2)cc1. The molecule has 0 unspecified atom stereocenters. The molecule has 0 fully saturated rings. The number of hydrogen-bond acceptors (Lipinski definition) is 3. The van der Waals surface area contributed by atoms with Crippen LogP contribution < -0.4 is 0 Å². The lowest BCUT2D eigenvalue weighted by Crippen LogP contribution is -2.10. The van der Waals surface area contributed by atoms with Crippen molar-refractivity contribution in [3.8, 4) is 22.5 Å². The van der Waals surface area contributed by atoms with Crippen LogP contribution in [0, 0.1) is 0 Å². The Balaban J connectivity index is 1.96. The van der Waals surface area contributed by atoms with Gasteiger partial charge in [-0.15, -0.1) is 0 Å². The van der Waals surface area contributed by atoms with Gasteiger partial charge in [0, 0.05) is 17.3 Å². The van der Waals surface area contributed by atoms with Gasteiger partial charge in [0.1, 0.15) is 0 Å². The second-order valence-electron chi connectivity index (χ2n) is 6.37. The van der Waals surface area contributed by atoms with Crippen LogP contribution in [0.15, 0.2) is 60.9 Å². The fraction of sp³-hybridized carbons (Fsp3) is 0.211. The maximum Gasteiger partial charge on any atom is 0.0936 e. The molecule has 0 aliphatic rings. The molecule has 0 atom stereocenters. The molecule has 3 aromatic rings. The second kappa shape index (κ2) is 5.68. The van der Waals surface area contributed by atoms with Crippen molar-refractivity contribution < 1.29 is 0 Å². The van der Waals surface area contributed by atoms with Crippen molar-refractivity contribution in [2.45, 2.75) is 26.2 Å². The van der Waals surface area contributed by atoms with Gasteiger partial charge >= 0.3 is 0 Å². The molecule has 0 saturated carbocycles.